The molecule has 0 radical (unpaired) electrons. The van der Waals surface area contributed by atoms with Crippen molar-refractivity contribution in [3.05, 3.63) is 48.0 Å². The van der Waals surface area contributed by atoms with Crippen LogP contribution in [-0.2, 0) is 14.8 Å². The van der Waals surface area contributed by atoms with Crippen molar-refractivity contribution in [3.8, 4) is 0 Å². The standard InChI is InChI=1S/C20H22N4O4S2/c1-13-19(25)23-17-11-14(5-6-18(17)29-13)20(26)22-15-3-2-4-16(12-15)30(27,28)24-9-7-21-8-10-24/h2-6,11-13,21H,7-10H2,1H3,(H,22,26)(H,23,25). The van der Waals surface area contributed by atoms with Gasteiger partial charge in [-0.25, -0.2) is 8.42 Å². The molecule has 2 amide bonds. The van der Waals surface area contributed by atoms with E-state index in [4.69, 9.17) is 0 Å². The van der Waals surface area contributed by atoms with Crippen LogP contribution < -0.4 is 16.0 Å². The van der Waals surface area contributed by atoms with Crippen molar-refractivity contribution in [3.63, 3.8) is 0 Å². The molecule has 1 unspecified atom stereocenters. The van der Waals surface area contributed by atoms with Gasteiger partial charge < -0.3 is 16.0 Å². The van der Waals surface area contributed by atoms with E-state index in [9.17, 15) is 18.0 Å². The van der Waals surface area contributed by atoms with Gasteiger partial charge in [0.15, 0.2) is 0 Å². The average Bonchev–Trinajstić information content (AvgIpc) is 2.75. The molecule has 2 aliphatic rings. The van der Waals surface area contributed by atoms with E-state index >= 15 is 0 Å². The molecular weight excluding hydrogens is 424 g/mol. The third-order valence-electron chi connectivity index (χ3n) is 4.98. The first kappa shape index (κ1) is 20.9. The first-order chi connectivity index (χ1) is 14.3. The highest BCUT2D eigenvalue weighted by Gasteiger charge is 2.26. The van der Waals surface area contributed by atoms with Gasteiger partial charge in [0.2, 0.25) is 15.9 Å². The van der Waals surface area contributed by atoms with Crippen LogP contribution in [0.25, 0.3) is 0 Å². The minimum absolute atomic E-state index is 0.101. The van der Waals surface area contributed by atoms with E-state index in [1.54, 1.807) is 30.3 Å². The molecule has 4 rings (SSSR count). The fourth-order valence-corrected chi connectivity index (χ4v) is 5.74. The van der Waals surface area contributed by atoms with Gasteiger partial charge in [0, 0.05) is 42.3 Å². The molecule has 2 aliphatic heterocycles. The number of amides is 2. The largest absolute Gasteiger partial charge is 0.324 e. The fourth-order valence-electron chi connectivity index (χ4n) is 3.32. The van der Waals surface area contributed by atoms with Crippen molar-refractivity contribution >= 4 is 45.0 Å². The molecule has 10 heteroatoms. The van der Waals surface area contributed by atoms with Gasteiger partial charge in [-0.3, -0.25) is 9.59 Å². The van der Waals surface area contributed by atoms with Crippen LogP contribution in [0.15, 0.2) is 52.3 Å². The number of nitrogens with zero attached hydrogens (tertiary/aromatic N) is 1. The quantitative estimate of drug-likeness (QED) is 0.663. The topological polar surface area (TPSA) is 108 Å². The first-order valence-corrected chi connectivity index (χ1v) is 11.9. The third-order valence-corrected chi connectivity index (χ3v) is 8.05. The highest BCUT2D eigenvalue weighted by atomic mass is 32.2. The van der Waals surface area contributed by atoms with E-state index in [-0.39, 0.29) is 22.0 Å². The zero-order chi connectivity index (χ0) is 21.3. The number of hydrogen-bond acceptors (Lipinski definition) is 6. The highest BCUT2D eigenvalue weighted by Crippen LogP contribution is 2.36. The Morgan fingerprint density at radius 3 is 2.70 bits per heavy atom. The lowest BCUT2D eigenvalue weighted by Gasteiger charge is -2.26. The summed E-state index contributed by atoms with van der Waals surface area (Å²) < 4.78 is 27.2. The number of piperazine rings is 1. The van der Waals surface area contributed by atoms with E-state index in [1.807, 2.05) is 6.92 Å². The van der Waals surface area contributed by atoms with Crippen LogP contribution in [0, 0.1) is 0 Å². The number of carbonyl (C=O) groups is 2. The highest BCUT2D eigenvalue weighted by molar-refractivity contribution is 8.01. The zero-order valence-corrected chi connectivity index (χ0v) is 18.0. The number of anilines is 2. The molecule has 1 fully saturated rings. The van der Waals surface area contributed by atoms with Crippen molar-refractivity contribution in [2.75, 3.05) is 36.8 Å². The Labute approximate surface area is 179 Å². The normalized spacial score (nSPS) is 19.6. The number of thioether (sulfide) groups is 1. The summed E-state index contributed by atoms with van der Waals surface area (Å²) in [5.74, 6) is -0.483. The van der Waals surface area contributed by atoms with Gasteiger partial charge in [-0.1, -0.05) is 6.07 Å². The number of fused-ring (bicyclic) bond motifs is 1. The van der Waals surface area contributed by atoms with Crippen LogP contribution in [0.2, 0.25) is 0 Å². The van der Waals surface area contributed by atoms with Gasteiger partial charge >= 0.3 is 0 Å². The molecule has 30 heavy (non-hydrogen) atoms. The SMILES string of the molecule is CC1Sc2ccc(C(=O)Nc3cccc(S(=O)(=O)N4CCNCC4)c3)cc2NC1=O. The molecule has 2 aromatic rings. The lowest BCUT2D eigenvalue weighted by molar-refractivity contribution is -0.115. The maximum absolute atomic E-state index is 12.9. The third kappa shape index (κ3) is 4.22. The summed E-state index contributed by atoms with van der Waals surface area (Å²) >= 11 is 1.44. The van der Waals surface area contributed by atoms with E-state index in [2.05, 4.69) is 16.0 Å². The van der Waals surface area contributed by atoms with Gasteiger partial charge in [0.1, 0.15) is 0 Å². The van der Waals surface area contributed by atoms with Gasteiger partial charge in [-0.2, -0.15) is 4.31 Å². The van der Waals surface area contributed by atoms with Crippen LogP contribution in [0.3, 0.4) is 0 Å². The Bertz CT molecular complexity index is 1100. The van der Waals surface area contributed by atoms with Crippen LogP contribution in [0.1, 0.15) is 17.3 Å². The lowest BCUT2D eigenvalue weighted by Crippen LogP contribution is -2.46. The molecule has 0 bridgehead atoms. The minimum Gasteiger partial charge on any atom is -0.324 e. The van der Waals surface area contributed by atoms with Crippen LogP contribution in [0.5, 0.6) is 0 Å². The molecule has 2 heterocycles. The van der Waals surface area contributed by atoms with Crippen LogP contribution in [-0.4, -0.2) is 56.0 Å². The van der Waals surface area contributed by atoms with Gasteiger partial charge in [-0.15, -0.1) is 11.8 Å². The summed E-state index contributed by atoms with van der Waals surface area (Å²) in [7, 11) is -3.62. The van der Waals surface area contributed by atoms with E-state index < -0.39 is 10.0 Å². The number of carbonyl (C=O) groups excluding carboxylic acids is 2. The molecule has 1 saturated heterocycles. The molecule has 0 saturated carbocycles. The molecule has 0 aromatic heterocycles. The van der Waals surface area contributed by atoms with Gasteiger partial charge in [0.25, 0.3) is 5.91 Å². The fraction of sp³-hybridized carbons (Fsp3) is 0.300. The predicted octanol–water partition coefficient (Wildman–Crippen LogP) is 1.97. The number of rotatable bonds is 4. The summed E-state index contributed by atoms with van der Waals surface area (Å²) in [4.78, 5) is 25.7. The summed E-state index contributed by atoms with van der Waals surface area (Å²) in [5, 5.41) is 8.50. The van der Waals surface area contributed by atoms with E-state index in [1.165, 1.54) is 28.2 Å². The summed E-state index contributed by atoms with van der Waals surface area (Å²) in [6.45, 7) is 3.88. The predicted molar refractivity (Wildman–Crippen MR) is 116 cm³/mol. The smallest absolute Gasteiger partial charge is 0.255 e. The Morgan fingerprint density at radius 2 is 1.93 bits per heavy atom. The van der Waals surface area contributed by atoms with Crippen molar-refractivity contribution < 1.29 is 18.0 Å². The zero-order valence-electron chi connectivity index (χ0n) is 16.3. The second-order valence-electron chi connectivity index (χ2n) is 7.10. The average molecular weight is 447 g/mol. The Morgan fingerprint density at radius 1 is 1.17 bits per heavy atom. The molecule has 0 aliphatic carbocycles. The molecule has 3 N–H and O–H groups in total. The Hall–Kier alpha value is -2.40. The van der Waals surface area contributed by atoms with Crippen molar-refractivity contribution in [1.29, 1.82) is 0 Å². The van der Waals surface area contributed by atoms with Crippen molar-refractivity contribution in [2.45, 2.75) is 22.0 Å². The second kappa shape index (κ2) is 8.38. The molecule has 0 spiro atoms. The Balaban J connectivity index is 1.52. The molecule has 158 valence electrons. The monoisotopic (exact) mass is 446 g/mol. The number of nitrogens with one attached hydrogen (secondary N) is 3. The van der Waals surface area contributed by atoms with Crippen molar-refractivity contribution in [1.82, 2.24) is 9.62 Å². The first-order valence-electron chi connectivity index (χ1n) is 9.58. The summed E-state index contributed by atoms with van der Waals surface area (Å²) in [6, 6.07) is 11.4. The summed E-state index contributed by atoms with van der Waals surface area (Å²) in [5.41, 5.74) is 1.37. The maximum Gasteiger partial charge on any atom is 0.255 e. The number of hydrogen-bond donors (Lipinski definition) is 3. The maximum atomic E-state index is 12.9. The lowest BCUT2D eigenvalue weighted by atomic mass is 10.1. The van der Waals surface area contributed by atoms with Gasteiger partial charge in [-0.05, 0) is 43.3 Å². The molecular formula is C20H22N4O4S2. The Kier molecular flexibility index (Phi) is 5.83. The molecule has 1 atom stereocenters. The van der Waals surface area contributed by atoms with Gasteiger partial charge in [0.05, 0.1) is 15.8 Å². The molecule has 2 aromatic carbocycles. The van der Waals surface area contributed by atoms with E-state index in [0.717, 1.165) is 4.90 Å². The van der Waals surface area contributed by atoms with Crippen LogP contribution in [0.4, 0.5) is 11.4 Å². The van der Waals surface area contributed by atoms with E-state index in [0.29, 0.717) is 43.1 Å². The summed E-state index contributed by atoms with van der Waals surface area (Å²) in [6.07, 6.45) is 0. The van der Waals surface area contributed by atoms with Crippen molar-refractivity contribution in [2.24, 2.45) is 0 Å². The number of benzene rings is 2. The molecule has 8 nitrogen and oxygen atoms in total. The minimum atomic E-state index is -3.62. The van der Waals surface area contributed by atoms with Crippen LogP contribution >= 0.6 is 11.8 Å². The number of sulfonamides is 1. The second-order valence-corrected chi connectivity index (χ2v) is 10.4.